The first-order valence-electron chi connectivity index (χ1n) is 9.27. The van der Waals surface area contributed by atoms with E-state index in [0.29, 0.717) is 32.6 Å². The van der Waals surface area contributed by atoms with Gasteiger partial charge in [-0.2, -0.15) is 0 Å². The summed E-state index contributed by atoms with van der Waals surface area (Å²) in [4.78, 5) is 16.9. The Labute approximate surface area is 182 Å². The van der Waals surface area contributed by atoms with Gasteiger partial charge in [-0.3, -0.25) is 4.79 Å². The fourth-order valence-electron chi connectivity index (χ4n) is 3.49. The molecule has 1 fully saturated rings. The number of hydrogen-bond donors (Lipinski definition) is 2. The maximum Gasteiger partial charge on any atom is 0.240 e. The number of nitrogens with one attached hydrogen (secondary N) is 1. The van der Waals surface area contributed by atoms with E-state index in [-0.39, 0.29) is 30.7 Å². The van der Waals surface area contributed by atoms with Crippen molar-refractivity contribution in [3.05, 3.63) is 66.0 Å². The first-order chi connectivity index (χ1) is 13.1. The summed E-state index contributed by atoms with van der Waals surface area (Å²) in [7, 11) is 0. The number of carbonyl (C=O) groups excluding carboxylic acids is 1. The average molecular weight is 437 g/mol. The Morgan fingerprint density at radius 1 is 1.10 bits per heavy atom. The molecule has 2 heterocycles. The van der Waals surface area contributed by atoms with Crippen LogP contribution in [0.15, 0.2) is 54.9 Å². The topological polar surface area (TPSA) is 82.2 Å². The molecule has 8 heteroatoms. The lowest BCUT2D eigenvalue weighted by Crippen LogP contribution is -2.56. The fraction of sp³-hybridized carbons (Fsp3) is 0.333. The van der Waals surface area contributed by atoms with Gasteiger partial charge in [-0.1, -0.05) is 36.4 Å². The molecule has 1 aliphatic heterocycles. The minimum atomic E-state index is -0.814. The smallest absolute Gasteiger partial charge is 0.240 e. The van der Waals surface area contributed by atoms with Crippen molar-refractivity contribution >= 4 is 41.8 Å². The first-order valence-corrected chi connectivity index (χ1v) is 9.27. The van der Waals surface area contributed by atoms with Crippen molar-refractivity contribution in [2.45, 2.75) is 31.5 Å². The Kier molecular flexibility index (Phi) is 8.05. The summed E-state index contributed by atoms with van der Waals surface area (Å²) in [6, 6.07) is 16.3. The Morgan fingerprint density at radius 2 is 1.83 bits per heavy atom. The number of para-hydroxylation sites is 2. The molecule has 0 aliphatic carbocycles. The van der Waals surface area contributed by atoms with E-state index in [2.05, 4.69) is 33.1 Å². The molecular formula is C21H26Cl2N4O2. The fourth-order valence-corrected chi connectivity index (χ4v) is 3.49. The predicted molar refractivity (Wildman–Crippen MR) is 119 cm³/mol. The summed E-state index contributed by atoms with van der Waals surface area (Å²) in [6.45, 7) is 2.29. The van der Waals surface area contributed by atoms with Crippen molar-refractivity contribution in [1.82, 2.24) is 14.9 Å². The highest BCUT2D eigenvalue weighted by molar-refractivity contribution is 5.86. The number of aromatic nitrogens is 2. The molecule has 0 atom stereocenters. The van der Waals surface area contributed by atoms with Crippen molar-refractivity contribution < 1.29 is 9.53 Å². The molecule has 0 radical (unpaired) electrons. The first kappa shape index (κ1) is 23.2. The largest absolute Gasteiger partial charge is 0.381 e. The van der Waals surface area contributed by atoms with Crippen molar-refractivity contribution in [2.75, 3.05) is 13.2 Å². The van der Waals surface area contributed by atoms with Gasteiger partial charge in [0.2, 0.25) is 5.91 Å². The van der Waals surface area contributed by atoms with E-state index in [9.17, 15) is 4.79 Å². The summed E-state index contributed by atoms with van der Waals surface area (Å²) in [5, 5.41) is 2.99. The highest BCUT2D eigenvalue weighted by Crippen LogP contribution is 2.18. The highest BCUT2D eigenvalue weighted by atomic mass is 35.5. The third-order valence-electron chi connectivity index (χ3n) is 5.16. The van der Waals surface area contributed by atoms with E-state index in [1.807, 2.05) is 36.7 Å². The van der Waals surface area contributed by atoms with Gasteiger partial charge >= 0.3 is 0 Å². The summed E-state index contributed by atoms with van der Waals surface area (Å²) in [5.41, 5.74) is 9.75. The van der Waals surface area contributed by atoms with Gasteiger partial charge < -0.3 is 20.4 Å². The molecule has 4 rings (SSSR count). The molecular weight excluding hydrogens is 411 g/mol. The van der Waals surface area contributed by atoms with Crippen LogP contribution in [0.2, 0.25) is 0 Å². The number of rotatable bonds is 5. The molecule has 6 nitrogen and oxygen atoms in total. The third-order valence-corrected chi connectivity index (χ3v) is 5.16. The minimum Gasteiger partial charge on any atom is -0.381 e. The van der Waals surface area contributed by atoms with Crippen LogP contribution in [0.3, 0.4) is 0 Å². The van der Waals surface area contributed by atoms with Gasteiger partial charge in [0.1, 0.15) is 0 Å². The second kappa shape index (κ2) is 10.1. The molecule has 1 saturated heterocycles. The molecule has 1 amide bonds. The Balaban J connectivity index is 0.00000150. The van der Waals surface area contributed by atoms with Gasteiger partial charge in [0.15, 0.2) is 0 Å². The molecule has 0 spiro atoms. The van der Waals surface area contributed by atoms with Crippen molar-refractivity contribution in [2.24, 2.45) is 5.73 Å². The number of carbonyl (C=O) groups is 1. The SMILES string of the molecule is Cl.Cl.NC1(C(=O)NCc2cccc(Cn3cnc4ccccc43)c2)CCOCC1. The molecule has 156 valence electrons. The van der Waals surface area contributed by atoms with Crippen molar-refractivity contribution in [3.8, 4) is 0 Å². The van der Waals surface area contributed by atoms with Crippen LogP contribution in [-0.4, -0.2) is 34.2 Å². The van der Waals surface area contributed by atoms with E-state index in [1.54, 1.807) is 0 Å². The van der Waals surface area contributed by atoms with Crippen LogP contribution < -0.4 is 11.1 Å². The minimum absolute atomic E-state index is 0. The van der Waals surface area contributed by atoms with E-state index in [1.165, 1.54) is 5.56 Å². The number of hydrogen-bond acceptors (Lipinski definition) is 4. The van der Waals surface area contributed by atoms with Crippen LogP contribution in [-0.2, 0) is 22.6 Å². The summed E-state index contributed by atoms with van der Waals surface area (Å²) in [5.74, 6) is -0.100. The highest BCUT2D eigenvalue weighted by Gasteiger charge is 2.35. The molecule has 3 aromatic rings. The van der Waals surface area contributed by atoms with E-state index >= 15 is 0 Å². The normalized spacial score (nSPS) is 15.2. The Bertz CT molecular complexity index is 955. The van der Waals surface area contributed by atoms with Gasteiger partial charge in [-0.05, 0) is 36.1 Å². The molecule has 1 aliphatic rings. The van der Waals surface area contributed by atoms with Gasteiger partial charge in [0.05, 0.1) is 22.9 Å². The van der Waals surface area contributed by atoms with Crippen LogP contribution in [0.25, 0.3) is 11.0 Å². The van der Waals surface area contributed by atoms with Crippen molar-refractivity contribution in [3.63, 3.8) is 0 Å². The van der Waals surface area contributed by atoms with Gasteiger partial charge in [0.25, 0.3) is 0 Å². The molecule has 3 N–H and O–H groups in total. The number of ether oxygens (including phenoxy) is 1. The quantitative estimate of drug-likeness (QED) is 0.643. The lowest BCUT2D eigenvalue weighted by Gasteiger charge is -2.31. The van der Waals surface area contributed by atoms with Gasteiger partial charge in [-0.25, -0.2) is 4.98 Å². The average Bonchev–Trinajstić information content (AvgIpc) is 3.10. The standard InChI is InChI=1S/C21H24N4O2.2ClH/c22-21(8-10-27-11-9-21)20(26)23-13-16-4-3-5-17(12-16)14-25-15-24-18-6-1-2-7-19(18)25;;/h1-7,12,15H,8-11,13-14,22H2,(H,23,26);2*1H. The maximum absolute atomic E-state index is 12.5. The number of fused-ring (bicyclic) bond motifs is 1. The number of amides is 1. The molecule has 0 bridgehead atoms. The van der Waals surface area contributed by atoms with Crippen LogP contribution in [0.1, 0.15) is 24.0 Å². The number of imidazole rings is 1. The molecule has 2 aromatic carbocycles. The van der Waals surface area contributed by atoms with E-state index in [4.69, 9.17) is 10.5 Å². The lowest BCUT2D eigenvalue weighted by atomic mass is 9.90. The molecule has 0 unspecified atom stereocenters. The Hall–Kier alpha value is -2.12. The lowest BCUT2D eigenvalue weighted by molar-refractivity contribution is -0.129. The monoisotopic (exact) mass is 436 g/mol. The third kappa shape index (κ3) is 5.28. The Morgan fingerprint density at radius 3 is 2.62 bits per heavy atom. The summed E-state index contributed by atoms with van der Waals surface area (Å²) >= 11 is 0. The van der Waals surface area contributed by atoms with Crippen LogP contribution in [0.5, 0.6) is 0 Å². The van der Waals surface area contributed by atoms with Gasteiger partial charge in [0, 0.05) is 26.3 Å². The number of benzene rings is 2. The molecule has 29 heavy (non-hydrogen) atoms. The second-order valence-electron chi connectivity index (χ2n) is 7.13. The molecule has 1 aromatic heterocycles. The van der Waals surface area contributed by atoms with E-state index < -0.39 is 5.54 Å². The van der Waals surface area contributed by atoms with Crippen LogP contribution >= 0.6 is 24.8 Å². The zero-order valence-corrected chi connectivity index (χ0v) is 17.7. The number of nitrogens with two attached hydrogens (primary N) is 1. The maximum atomic E-state index is 12.5. The van der Waals surface area contributed by atoms with Crippen LogP contribution in [0, 0.1) is 0 Å². The second-order valence-corrected chi connectivity index (χ2v) is 7.13. The van der Waals surface area contributed by atoms with Crippen molar-refractivity contribution in [1.29, 1.82) is 0 Å². The van der Waals surface area contributed by atoms with Crippen LogP contribution in [0.4, 0.5) is 0 Å². The predicted octanol–water partition coefficient (Wildman–Crippen LogP) is 3.05. The molecule has 0 saturated carbocycles. The zero-order valence-electron chi connectivity index (χ0n) is 16.0. The van der Waals surface area contributed by atoms with E-state index in [0.717, 1.165) is 23.1 Å². The summed E-state index contributed by atoms with van der Waals surface area (Å²) < 4.78 is 7.44. The number of halogens is 2. The zero-order chi connectivity index (χ0) is 18.7. The number of nitrogens with zero attached hydrogens (tertiary/aromatic N) is 2. The summed E-state index contributed by atoms with van der Waals surface area (Å²) in [6.07, 6.45) is 2.99. The van der Waals surface area contributed by atoms with Gasteiger partial charge in [-0.15, -0.1) is 24.8 Å².